The highest BCUT2D eigenvalue weighted by molar-refractivity contribution is 5.88. The SMILES string of the molecule is CNC1CC2CCCC(C1)N2c1ccc(NC(C)=O)cc1. The molecule has 2 aliphatic heterocycles. The molecule has 2 bridgehead atoms. The maximum Gasteiger partial charge on any atom is 0.221 e. The van der Waals surface area contributed by atoms with Crippen LogP contribution in [0.5, 0.6) is 0 Å². The summed E-state index contributed by atoms with van der Waals surface area (Å²) < 4.78 is 0. The number of piperidine rings is 2. The third-order valence-corrected chi connectivity index (χ3v) is 4.87. The molecular weight excluding hydrogens is 262 g/mol. The molecule has 1 amide bonds. The number of carbonyl (C=O) groups is 1. The van der Waals surface area contributed by atoms with Gasteiger partial charge in [-0.25, -0.2) is 0 Å². The zero-order valence-corrected chi connectivity index (χ0v) is 12.9. The Balaban J connectivity index is 1.78. The lowest BCUT2D eigenvalue weighted by Crippen LogP contribution is -2.56. The molecule has 0 saturated carbocycles. The van der Waals surface area contributed by atoms with Gasteiger partial charge in [0.2, 0.25) is 5.91 Å². The molecule has 0 aromatic heterocycles. The fourth-order valence-corrected chi connectivity index (χ4v) is 3.96. The molecule has 1 aromatic carbocycles. The predicted octanol–water partition coefficient (Wildman–Crippen LogP) is 2.75. The standard InChI is InChI=1S/C17H25N3O/c1-12(21)19-13-6-8-15(9-7-13)20-16-4-3-5-17(20)11-14(10-16)18-2/h6-9,14,16-18H,3-5,10-11H2,1-2H3,(H,19,21). The van der Waals surface area contributed by atoms with Crippen LogP contribution in [-0.4, -0.2) is 31.1 Å². The van der Waals surface area contributed by atoms with Crippen molar-refractivity contribution in [1.29, 1.82) is 0 Å². The van der Waals surface area contributed by atoms with E-state index in [1.54, 1.807) is 6.92 Å². The molecule has 0 radical (unpaired) electrons. The summed E-state index contributed by atoms with van der Waals surface area (Å²) in [6, 6.07) is 10.3. The van der Waals surface area contributed by atoms with Gasteiger partial charge in [-0.2, -0.15) is 0 Å². The van der Waals surface area contributed by atoms with Crippen LogP contribution in [0, 0.1) is 0 Å². The fraction of sp³-hybridized carbons (Fsp3) is 0.588. The second-order valence-corrected chi connectivity index (χ2v) is 6.33. The summed E-state index contributed by atoms with van der Waals surface area (Å²) in [7, 11) is 2.08. The summed E-state index contributed by atoms with van der Waals surface area (Å²) in [5.74, 6) is -0.0190. The quantitative estimate of drug-likeness (QED) is 0.898. The van der Waals surface area contributed by atoms with Crippen molar-refractivity contribution in [2.75, 3.05) is 17.3 Å². The van der Waals surface area contributed by atoms with Gasteiger partial charge in [-0.05, 0) is 63.4 Å². The molecule has 4 heteroatoms. The van der Waals surface area contributed by atoms with Gasteiger partial charge in [-0.15, -0.1) is 0 Å². The molecule has 2 unspecified atom stereocenters. The third-order valence-electron chi connectivity index (χ3n) is 4.87. The molecule has 3 rings (SSSR count). The van der Waals surface area contributed by atoms with E-state index < -0.39 is 0 Å². The minimum absolute atomic E-state index is 0.0190. The number of carbonyl (C=O) groups excluding carboxylic acids is 1. The Morgan fingerprint density at radius 3 is 2.29 bits per heavy atom. The first kappa shape index (κ1) is 14.4. The van der Waals surface area contributed by atoms with Crippen LogP contribution in [0.2, 0.25) is 0 Å². The normalized spacial score (nSPS) is 28.3. The number of nitrogens with zero attached hydrogens (tertiary/aromatic N) is 1. The number of nitrogens with one attached hydrogen (secondary N) is 2. The lowest BCUT2D eigenvalue weighted by atomic mass is 9.81. The first-order chi connectivity index (χ1) is 10.2. The summed E-state index contributed by atoms with van der Waals surface area (Å²) in [6.45, 7) is 1.54. The van der Waals surface area contributed by atoms with E-state index in [0.717, 1.165) is 5.69 Å². The van der Waals surface area contributed by atoms with Crippen LogP contribution in [0.3, 0.4) is 0 Å². The average molecular weight is 287 g/mol. The molecule has 2 saturated heterocycles. The number of benzene rings is 1. The Morgan fingerprint density at radius 1 is 1.14 bits per heavy atom. The summed E-state index contributed by atoms with van der Waals surface area (Å²) >= 11 is 0. The van der Waals surface area contributed by atoms with E-state index in [1.807, 2.05) is 12.1 Å². The molecule has 1 aromatic rings. The van der Waals surface area contributed by atoms with Crippen LogP contribution in [0.15, 0.2) is 24.3 Å². The monoisotopic (exact) mass is 287 g/mol. The van der Waals surface area contributed by atoms with Crippen molar-refractivity contribution in [2.24, 2.45) is 0 Å². The van der Waals surface area contributed by atoms with Crippen molar-refractivity contribution in [3.8, 4) is 0 Å². The van der Waals surface area contributed by atoms with Gasteiger partial charge in [0, 0.05) is 36.4 Å². The van der Waals surface area contributed by atoms with Gasteiger partial charge in [0.15, 0.2) is 0 Å². The van der Waals surface area contributed by atoms with Crippen molar-refractivity contribution in [2.45, 2.75) is 57.2 Å². The first-order valence-electron chi connectivity index (χ1n) is 8.00. The number of rotatable bonds is 3. The number of anilines is 2. The number of fused-ring (bicyclic) bond motifs is 2. The maximum atomic E-state index is 11.1. The minimum atomic E-state index is -0.0190. The molecule has 0 aliphatic carbocycles. The summed E-state index contributed by atoms with van der Waals surface area (Å²) in [4.78, 5) is 13.7. The van der Waals surface area contributed by atoms with E-state index >= 15 is 0 Å². The Labute approximate surface area is 126 Å². The van der Waals surface area contributed by atoms with Crippen LogP contribution >= 0.6 is 0 Å². The predicted molar refractivity (Wildman–Crippen MR) is 86.7 cm³/mol. The Morgan fingerprint density at radius 2 is 1.76 bits per heavy atom. The fourth-order valence-electron chi connectivity index (χ4n) is 3.96. The largest absolute Gasteiger partial charge is 0.365 e. The summed E-state index contributed by atoms with van der Waals surface area (Å²) in [5, 5.41) is 6.30. The molecule has 2 N–H and O–H groups in total. The molecule has 2 atom stereocenters. The molecule has 0 spiro atoms. The van der Waals surface area contributed by atoms with Gasteiger partial charge in [-0.3, -0.25) is 4.79 Å². The minimum Gasteiger partial charge on any atom is -0.365 e. The molecule has 4 nitrogen and oxygen atoms in total. The number of amides is 1. The first-order valence-corrected chi connectivity index (χ1v) is 8.00. The zero-order chi connectivity index (χ0) is 14.8. The van der Waals surface area contributed by atoms with E-state index in [9.17, 15) is 4.79 Å². The van der Waals surface area contributed by atoms with Crippen molar-refractivity contribution < 1.29 is 4.79 Å². The van der Waals surface area contributed by atoms with Gasteiger partial charge in [0.05, 0.1) is 0 Å². The van der Waals surface area contributed by atoms with E-state index in [-0.39, 0.29) is 5.91 Å². The lowest BCUT2D eigenvalue weighted by Gasteiger charge is -2.50. The van der Waals surface area contributed by atoms with Crippen LogP contribution < -0.4 is 15.5 Å². The second-order valence-electron chi connectivity index (χ2n) is 6.33. The Hall–Kier alpha value is -1.55. The van der Waals surface area contributed by atoms with Gasteiger partial charge in [-0.1, -0.05) is 0 Å². The van der Waals surface area contributed by atoms with Crippen LogP contribution in [0.1, 0.15) is 39.0 Å². The highest BCUT2D eigenvalue weighted by Gasteiger charge is 2.37. The Bertz CT molecular complexity index is 485. The van der Waals surface area contributed by atoms with Crippen LogP contribution in [0.4, 0.5) is 11.4 Å². The number of hydrogen-bond acceptors (Lipinski definition) is 3. The Kier molecular flexibility index (Phi) is 4.15. The number of hydrogen-bond donors (Lipinski definition) is 2. The van der Waals surface area contributed by atoms with Gasteiger partial charge < -0.3 is 15.5 Å². The van der Waals surface area contributed by atoms with Gasteiger partial charge >= 0.3 is 0 Å². The summed E-state index contributed by atoms with van der Waals surface area (Å²) in [6.07, 6.45) is 6.41. The van der Waals surface area contributed by atoms with Gasteiger partial charge in [0.25, 0.3) is 0 Å². The maximum absolute atomic E-state index is 11.1. The average Bonchev–Trinajstić information content (AvgIpc) is 2.46. The van der Waals surface area contributed by atoms with Crippen molar-refractivity contribution in [3.63, 3.8) is 0 Å². The molecule has 2 heterocycles. The second kappa shape index (κ2) is 6.06. The molecule has 2 fully saturated rings. The lowest BCUT2D eigenvalue weighted by molar-refractivity contribution is -0.114. The smallest absolute Gasteiger partial charge is 0.221 e. The van der Waals surface area contributed by atoms with Crippen molar-refractivity contribution in [3.05, 3.63) is 24.3 Å². The van der Waals surface area contributed by atoms with E-state index in [2.05, 4.69) is 34.7 Å². The topological polar surface area (TPSA) is 44.4 Å². The highest BCUT2D eigenvalue weighted by Crippen LogP contribution is 2.37. The highest BCUT2D eigenvalue weighted by atomic mass is 16.1. The third kappa shape index (κ3) is 3.05. The zero-order valence-electron chi connectivity index (χ0n) is 12.9. The van der Waals surface area contributed by atoms with E-state index in [1.165, 1.54) is 37.8 Å². The van der Waals surface area contributed by atoms with E-state index in [0.29, 0.717) is 18.1 Å². The molecule has 2 aliphatic rings. The van der Waals surface area contributed by atoms with Crippen LogP contribution in [0.25, 0.3) is 0 Å². The summed E-state index contributed by atoms with van der Waals surface area (Å²) in [5.41, 5.74) is 2.18. The molecule has 21 heavy (non-hydrogen) atoms. The molecule has 114 valence electrons. The van der Waals surface area contributed by atoms with Gasteiger partial charge in [0.1, 0.15) is 0 Å². The van der Waals surface area contributed by atoms with Crippen molar-refractivity contribution >= 4 is 17.3 Å². The van der Waals surface area contributed by atoms with E-state index in [4.69, 9.17) is 0 Å². The van der Waals surface area contributed by atoms with Crippen LogP contribution in [-0.2, 0) is 4.79 Å². The molecular formula is C17H25N3O. The van der Waals surface area contributed by atoms with Crippen molar-refractivity contribution in [1.82, 2.24) is 5.32 Å².